The fraction of sp³-hybridized carbons (Fsp3) is 0.538. The first kappa shape index (κ1) is 11.1. The van der Waals surface area contributed by atoms with Crippen LogP contribution in [0.2, 0.25) is 0 Å². The van der Waals surface area contributed by atoms with E-state index in [0.29, 0.717) is 12.0 Å². The van der Waals surface area contributed by atoms with Crippen molar-refractivity contribution in [3.05, 3.63) is 29.8 Å². The standard InChI is InChI=1S/C11H15N.C2H6/c1-8-9(2)12(3)11-7-5-4-6-10(8)11;1-2/h4-9H,1-3H3;1-2H3. The van der Waals surface area contributed by atoms with Crippen molar-refractivity contribution >= 4 is 5.69 Å². The lowest BCUT2D eigenvalue weighted by molar-refractivity contribution is 0.626. The Balaban J connectivity index is 0.000000461. The first-order chi connectivity index (χ1) is 6.72. The molecule has 0 saturated heterocycles. The Morgan fingerprint density at radius 1 is 1.07 bits per heavy atom. The average Bonchev–Trinajstić information content (AvgIpc) is 2.48. The summed E-state index contributed by atoms with van der Waals surface area (Å²) in [5, 5.41) is 0. The molecule has 2 rings (SSSR count). The summed E-state index contributed by atoms with van der Waals surface area (Å²) in [6, 6.07) is 9.32. The van der Waals surface area contributed by atoms with Crippen LogP contribution in [0, 0.1) is 0 Å². The predicted octanol–water partition coefficient (Wildman–Crippen LogP) is 3.65. The van der Waals surface area contributed by atoms with Gasteiger partial charge in [-0.2, -0.15) is 0 Å². The second kappa shape index (κ2) is 4.50. The number of para-hydroxylation sites is 1. The van der Waals surface area contributed by atoms with Crippen LogP contribution in [-0.4, -0.2) is 13.1 Å². The molecule has 0 radical (unpaired) electrons. The molecule has 1 heteroatoms. The van der Waals surface area contributed by atoms with E-state index >= 15 is 0 Å². The Hall–Kier alpha value is -0.980. The minimum absolute atomic E-state index is 0.641. The average molecular weight is 191 g/mol. The van der Waals surface area contributed by atoms with E-state index in [2.05, 4.69) is 50.1 Å². The highest BCUT2D eigenvalue weighted by molar-refractivity contribution is 5.60. The normalized spacial score (nSPS) is 23.9. The van der Waals surface area contributed by atoms with Gasteiger partial charge in [-0.15, -0.1) is 0 Å². The third-order valence-corrected chi connectivity index (χ3v) is 3.14. The third-order valence-electron chi connectivity index (χ3n) is 3.14. The van der Waals surface area contributed by atoms with Crippen LogP contribution >= 0.6 is 0 Å². The largest absolute Gasteiger partial charge is 0.371 e. The topological polar surface area (TPSA) is 3.24 Å². The van der Waals surface area contributed by atoms with Crippen LogP contribution in [0.15, 0.2) is 24.3 Å². The van der Waals surface area contributed by atoms with Gasteiger partial charge in [0.2, 0.25) is 0 Å². The first-order valence-electron chi connectivity index (χ1n) is 5.53. The van der Waals surface area contributed by atoms with Gasteiger partial charge in [0.1, 0.15) is 0 Å². The predicted molar refractivity (Wildman–Crippen MR) is 64.1 cm³/mol. The van der Waals surface area contributed by atoms with Gasteiger partial charge in [-0.1, -0.05) is 39.0 Å². The molecular formula is C13H21N. The molecule has 0 amide bonds. The molecule has 2 unspecified atom stereocenters. The van der Waals surface area contributed by atoms with E-state index in [4.69, 9.17) is 0 Å². The quantitative estimate of drug-likeness (QED) is 0.605. The molecule has 2 atom stereocenters. The van der Waals surface area contributed by atoms with E-state index in [1.165, 1.54) is 11.3 Å². The van der Waals surface area contributed by atoms with Crippen LogP contribution in [0.5, 0.6) is 0 Å². The van der Waals surface area contributed by atoms with Crippen molar-refractivity contribution in [3.63, 3.8) is 0 Å². The summed E-state index contributed by atoms with van der Waals surface area (Å²) in [7, 11) is 2.17. The molecule has 0 aromatic heterocycles. The molecule has 0 fully saturated rings. The van der Waals surface area contributed by atoms with Crippen LogP contribution in [0.4, 0.5) is 5.69 Å². The van der Waals surface area contributed by atoms with Crippen molar-refractivity contribution in [2.75, 3.05) is 11.9 Å². The molecule has 0 aliphatic carbocycles. The number of anilines is 1. The Morgan fingerprint density at radius 2 is 1.64 bits per heavy atom. The number of likely N-dealkylation sites (N-methyl/N-ethyl adjacent to an activating group) is 1. The SMILES string of the molecule is CC.CC1c2ccccc2N(C)C1C. The number of hydrogen-bond donors (Lipinski definition) is 0. The first-order valence-corrected chi connectivity index (χ1v) is 5.53. The summed E-state index contributed by atoms with van der Waals surface area (Å²) in [4.78, 5) is 2.36. The second-order valence-electron chi connectivity index (χ2n) is 3.70. The van der Waals surface area contributed by atoms with Gasteiger partial charge in [0.15, 0.2) is 0 Å². The Bertz CT molecular complexity index is 264. The highest BCUT2D eigenvalue weighted by Gasteiger charge is 2.29. The Kier molecular flexibility index (Phi) is 3.56. The molecule has 78 valence electrons. The van der Waals surface area contributed by atoms with E-state index in [1.807, 2.05) is 13.8 Å². The van der Waals surface area contributed by atoms with E-state index in [9.17, 15) is 0 Å². The molecule has 0 saturated carbocycles. The van der Waals surface area contributed by atoms with Crippen LogP contribution in [0.1, 0.15) is 39.2 Å². The fourth-order valence-electron chi connectivity index (χ4n) is 2.01. The van der Waals surface area contributed by atoms with Gasteiger partial charge in [-0.05, 0) is 18.6 Å². The molecule has 0 spiro atoms. The van der Waals surface area contributed by atoms with Crippen molar-refractivity contribution < 1.29 is 0 Å². The highest BCUT2D eigenvalue weighted by Crippen LogP contribution is 2.38. The second-order valence-corrected chi connectivity index (χ2v) is 3.70. The molecule has 0 N–H and O–H groups in total. The van der Waals surface area contributed by atoms with E-state index in [0.717, 1.165) is 0 Å². The Labute approximate surface area is 87.7 Å². The van der Waals surface area contributed by atoms with Crippen molar-refractivity contribution in [2.24, 2.45) is 0 Å². The zero-order chi connectivity index (χ0) is 10.7. The number of nitrogens with zero attached hydrogens (tertiary/aromatic N) is 1. The smallest absolute Gasteiger partial charge is 0.0402 e. The van der Waals surface area contributed by atoms with Crippen LogP contribution in [0.25, 0.3) is 0 Å². The lowest BCUT2D eigenvalue weighted by Crippen LogP contribution is -2.25. The van der Waals surface area contributed by atoms with Gasteiger partial charge < -0.3 is 4.90 Å². The maximum atomic E-state index is 2.36. The maximum Gasteiger partial charge on any atom is 0.0402 e. The Morgan fingerprint density at radius 3 is 2.21 bits per heavy atom. The highest BCUT2D eigenvalue weighted by atomic mass is 15.2. The van der Waals surface area contributed by atoms with Gasteiger partial charge in [0, 0.05) is 24.7 Å². The number of benzene rings is 1. The van der Waals surface area contributed by atoms with Gasteiger partial charge in [0.05, 0.1) is 0 Å². The van der Waals surface area contributed by atoms with Crippen LogP contribution in [0.3, 0.4) is 0 Å². The van der Waals surface area contributed by atoms with Crippen LogP contribution < -0.4 is 4.90 Å². The molecular weight excluding hydrogens is 170 g/mol. The summed E-state index contributed by atoms with van der Waals surface area (Å²) >= 11 is 0. The molecule has 0 bridgehead atoms. The third kappa shape index (κ3) is 1.63. The monoisotopic (exact) mass is 191 g/mol. The molecule has 1 aliphatic heterocycles. The maximum absolute atomic E-state index is 2.36. The van der Waals surface area contributed by atoms with Gasteiger partial charge in [-0.3, -0.25) is 0 Å². The number of fused-ring (bicyclic) bond motifs is 1. The van der Waals surface area contributed by atoms with Gasteiger partial charge >= 0.3 is 0 Å². The summed E-state index contributed by atoms with van der Waals surface area (Å²) in [6.07, 6.45) is 0. The van der Waals surface area contributed by atoms with Crippen molar-refractivity contribution in [1.29, 1.82) is 0 Å². The van der Waals surface area contributed by atoms with E-state index < -0.39 is 0 Å². The summed E-state index contributed by atoms with van der Waals surface area (Å²) in [6.45, 7) is 8.58. The minimum atomic E-state index is 0.641. The van der Waals surface area contributed by atoms with Crippen molar-refractivity contribution in [3.8, 4) is 0 Å². The lowest BCUT2D eigenvalue weighted by Gasteiger charge is -2.20. The van der Waals surface area contributed by atoms with E-state index in [-0.39, 0.29) is 0 Å². The summed E-state index contributed by atoms with van der Waals surface area (Å²) in [5.74, 6) is 0.672. The number of hydrogen-bond acceptors (Lipinski definition) is 1. The fourth-order valence-corrected chi connectivity index (χ4v) is 2.01. The number of rotatable bonds is 0. The lowest BCUT2D eigenvalue weighted by atomic mass is 9.99. The molecule has 1 nitrogen and oxygen atoms in total. The van der Waals surface area contributed by atoms with Crippen LogP contribution in [-0.2, 0) is 0 Å². The molecule has 1 aliphatic rings. The van der Waals surface area contributed by atoms with Crippen molar-refractivity contribution in [2.45, 2.75) is 39.7 Å². The zero-order valence-electron chi connectivity index (χ0n) is 9.91. The van der Waals surface area contributed by atoms with Crippen molar-refractivity contribution in [1.82, 2.24) is 0 Å². The van der Waals surface area contributed by atoms with Gasteiger partial charge in [0.25, 0.3) is 0 Å². The molecule has 1 heterocycles. The van der Waals surface area contributed by atoms with Gasteiger partial charge in [-0.25, -0.2) is 0 Å². The molecule has 1 aromatic carbocycles. The summed E-state index contributed by atoms with van der Waals surface area (Å²) < 4.78 is 0. The molecule has 1 aromatic rings. The summed E-state index contributed by atoms with van der Waals surface area (Å²) in [5.41, 5.74) is 2.89. The molecule has 14 heavy (non-hydrogen) atoms. The van der Waals surface area contributed by atoms with E-state index in [1.54, 1.807) is 0 Å². The zero-order valence-corrected chi connectivity index (χ0v) is 9.91. The minimum Gasteiger partial charge on any atom is -0.371 e.